The Hall–Kier alpha value is -0.960. The molecule has 2 nitrogen and oxygen atoms in total. The number of pyridine rings is 1. The molecule has 0 spiro atoms. The average molecular weight is 167 g/mol. The van der Waals surface area contributed by atoms with Gasteiger partial charge < -0.3 is 4.98 Å². The lowest BCUT2D eigenvalue weighted by Crippen LogP contribution is -1.98. The molecule has 0 radical (unpaired) electrons. The first kappa shape index (κ1) is 8.14. The minimum absolute atomic E-state index is 0.0942. The minimum atomic E-state index is 0.0942. The normalized spacial score (nSPS) is 9.55. The Morgan fingerprint density at radius 1 is 1.73 bits per heavy atom. The van der Waals surface area contributed by atoms with Crippen LogP contribution >= 0.6 is 12.2 Å². The van der Waals surface area contributed by atoms with Gasteiger partial charge in [-0.1, -0.05) is 19.1 Å². The summed E-state index contributed by atoms with van der Waals surface area (Å²) >= 11 is 4.89. The summed E-state index contributed by atoms with van der Waals surface area (Å²) < 4.78 is 0.695. The number of hydrogen-bond acceptors (Lipinski definition) is 2. The molecule has 58 valence electrons. The van der Waals surface area contributed by atoms with Gasteiger partial charge in [0.2, 0.25) is 0 Å². The largest absolute Gasteiger partial charge is 0.359 e. The van der Waals surface area contributed by atoms with Crippen LogP contribution in [-0.2, 0) is 0 Å². The molecule has 0 saturated heterocycles. The molecule has 0 aliphatic heterocycles. The standard InChI is InChI=1S/C8H9NOS/c1-2-8(10)7-5-6(11)3-4-9-7/h3-5H,2H2,1H3,(H,9,11). The lowest BCUT2D eigenvalue weighted by Gasteiger charge is -1.95. The van der Waals surface area contributed by atoms with Crippen molar-refractivity contribution < 1.29 is 4.79 Å². The number of H-pyrrole nitrogens is 1. The number of carbonyl (C=O) groups is 1. The summed E-state index contributed by atoms with van der Waals surface area (Å²) in [4.78, 5) is 13.9. The van der Waals surface area contributed by atoms with Crippen molar-refractivity contribution in [1.29, 1.82) is 0 Å². The summed E-state index contributed by atoms with van der Waals surface area (Å²) in [7, 11) is 0. The van der Waals surface area contributed by atoms with Crippen molar-refractivity contribution in [3.8, 4) is 0 Å². The molecule has 0 fully saturated rings. The van der Waals surface area contributed by atoms with Gasteiger partial charge in [0.05, 0.1) is 5.69 Å². The molecule has 0 aliphatic rings. The van der Waals surface area contributed by atoms with Crippen LogP contribution in [0.2, 0.25) is 0 Å². The van der Waals surface area contributed by atoms with Gasteiger partial charge in [0.25, 0.3) is 0 Å². The molecule has 11 heavy (non-hydrogen) atoms. The minimum Gasteiger partial charge on any atom is -0.359 e. The van der Waals surface area contributed by atoms with E-state index in [0.717, 1.165) is 0 Å². The maximum Gasteiger partial charge on any atom is 0.178 e. The zero-order valence-corrected chi connectivity index (χ0v) is 7.07. The second-order valence-corrected chi connectivity index (χ2v) is 2.69. The third-order valence-electron chi connectivity index (χ3n) is 1.39. The van der Waals surface area contributed by atoms with E-state index in [-0.39, 0.29) is 5.78 Å². The first-order valence-electron chi connectivity index (χ1n) is 3.46. The fourth-order valence-corrected chi connectivity index (χ4v) is 0.983. The Kier molecular flexibility index (Phi) is 2.54. The van der Waals surface area contributed by atoms with Gasteiger partial charge >= 0.3 is 0 Å². The molecule has 1 aromatic heterocycles. The number of Topliss-reactive ketones (excluding diaryl/α,β-unsaturated/α-hetero) is 1. The second kappa shape index (κ2) is 3.44. The Bertz CT molecular complexity index is 316. The maximum atomic E-state index is 11.1. The van der Waals surface area contributed by atoms with E-state index < -0.39 is 0 Å². The highest BCUT2D eigenvalue weighted by molar-refractivity contribution is 7.71. The topological polar surface area (TPSA) is 32.9 Å². The van der Waals surface area contributed by atoms with Crippen LogP contribution in [0.1, 0.15) is 23.8 Å². The second-order valence-electron chi connectivity index (χ2n) is 2.21. The summed E-state index contributed by atoms with van der Waals surface area (Å²) in [5.41, 5.74) is 0.597. The molecule has 0 aliphatic carbocycles. The first-order valence-corrected chi connectivity index (χ1v) is 3.87. The van der Waals surface area contributed by atoms with Gasteiger partial charge in [0.15, 0.2) is 5.78 Å². The molecule has 0 bridgehead atoms. The molecule has 0 atom stereocenters. The van der Waals surface area contributed by atoms with Gasteiger partial charge in [-0.3, -0.25) is 4.79 Å². The zero-order chi connectivity index (χ0) is 8.27. The summed E-state index contributed by atoms with van der Waals surface area (Å²) in [6.45, 7) is 1.83. The van der Waals surface area contributed by atoms with Crippen molar-refractivity contribution in [2.24, 2.45) is 0 Å². The fourth-order valence-electron chi connectivity index (χ4n) is 0.797. The smallest absolute Gasteiger partial charge is 0.178 e. The SMILES string of the molecule is CCC(=O)c1cc(=S)cc[nH]1. The van der Waals surface area contributed by atoms with Crippen LogP contribution in [-0.4, -0.2) is 10.8 Å². The highest BCUT2D eigenvalue weighted by atomic mass is 32.1. The fraction of sp³-hybridized carbons (Fsp3) is 0.250. The molecule has 0 unspecified atom stereocenters. The average Bonchev–Trinajstić information content (AvgIpc) is 2.03. The van der Waals surface area contributed by atoms with Gasteiger partial charge in [-0.25, -0.2) is 0 Å². The predicted molar refractivity (Wildman–Crippen MR) is 46.2 cm³/mol. The van der Waals surface area contributed by atoms with Gasteiger partial charge in [-0.2, -0.15) is 0 Å². The Morgan fingerprint density at radius 2 is 2.45 bits per heavy atom. The summed E-state index contributed by atoms with van der Waals surface area (Å²) in [6, 6.07) is 3.43. The maximum absolute atomic E-state index is 11.1. The van der Waals surface area contributed by atoms with Gasteiger partial charge in [-0.05, 0) is 12.1 Å². The van der Waals surface area contributed by atoms with Gasteiger partial charge in [-0.15, -0.1) is 0 Å². The lowest BCUT2D eigenvalue weighted by molar-refractivity contribution is 0.0983. The molecule has 1 heterocycles. The van der Waals surface area contributed by atoms with Crippen LogP contribution < -0.4 is 0 Å². The van der Waals surface area contributed by atoms with Crippen LogP contribution in [0.25, 0.3) is 0 Å². The molecule has 3 heteroatoms. The lowest BCUT2D eigenvalue weighted by atomic mass is 10.2. The monoisotopic (exact) mass is 167 g/mol. The number of aromatic amines is 1. The molecule has 0 saturated carbocycles. The van der Waals surface area contributed by atoms with Crippen LogP contribution in [0.4, 0.5) is 0 Å². The molecule has 1 N–H and O–H groups in total. The van der Waals surface area contributed by atoms with Crippen molar-refractivity contribution in [2.75, 3.05) is 0 Å². The van der Waals surface area contributed by atoms with Crippen molar-refractivity contribution >= 4 is 18.0 Å². The molecular formula is C8H9NOS. The zero-order valence-electron chi connectivity index (χ0n) is 6.26. The van der Waals surface area contributed by atoms with E-state index in [2.05, 4.69) is 4.98 Å². The van der Waals surface area contributed by atoms with Crippen molar-refractivity contribution in [1.82, 2.24) is 4.98 Å². The highest BCUT2D eigenvalue weighted by Gasteiger charge is 2.00. The van der Waals surface area contributed by atoms with E-state index in [0.29, 0.717) is 16.6 Å². The highest BCUT2D eigenvalue weighted by Crippen LogP contribution is 1.99. The first-order chi connectivity index (χ1) is 5.24. The third kappa shape index (κ3) is 1.98. The molecular weight excluding hydrogens is 158 g/mol. The van der Waals surface area contributed by atoms with Gasteiger partial charge in [0.1, 0.15) is 0 Å². The summed E-state index contributed by atoms with van der Waals surface area (Å²) in [5.74, 6) is 0.0942. The van der Waals surface area contributed by atoms with Crippen molar-refractivity contribution in [3.05, 3.63) is 28.5 Å². The Morgan fingerprint density at radius 3 is 3.00 bits per heavy atom. The number of hydrogen-bond donors (Lipinski definition) is 1. The van der Waals surface area contributed by atoms with E-state index in [9.17, 15) is 4.79 Å². The quantitative estimate of drug-likeness (QED) is 0.541. The van der Waals surface area contributed by atoms with Crippen LogP contribution in [0.3, 0.4) is 0 Å². The van der Waals surface area contributed by atoms with E-state index in [1.54, 1.807) is 18.3 Å². The molecule has 0 amide bonds. The number of ketones is 1. The number of rotatable bonds is 2. The number of nitrogens with one attached hydrogen (secondary N) is 1. The summed E-state index contributed by atoms with van der Waals surface area (Å²) in [6.07, 6.45) is 2.19. The van der Waals surface area contributed by atoms with Crippen LogP contribution in [0, 0.1) is 4.51 Å². The summed E-state index contributed by atoms with van der Waals surface area (Å²) in [5, 5.41) is 0. The van der Waals surface area contributed by atoms with Crippen molar-refractivity contribution in [3.63, 3.8) is 0 Å². The Labute approximate surface area is 70.3 Å². The molecule has 0 aromatic carbocycles. The van der Waals surface area contributed by atoms with E-state index in [1.807, 2.05) is 6.92 Å². The Balaban J connectivity index is 3.05. The van der Waals surface area contributed by atoms with E-state index >= 15 is 0 Å². The molecule has 1 rings (SSSR count). The molecule has 1 aromatic rings. The van der Waals surface area contributed by atoms with Gasteiger partial charge in [0, 0.05) is 17.1 Å². The van der Waals surface area contributed by atoms with Crippen LogP contribution in [0.15, 0.2) is 18.3 Å². The number of carbonyl (C=O) groups excluding carboxylic acids is 1. The number of aromatic nitrogens is 1. The van der Waals surface area contributed by atoms with Crippen LogP contribution in [0.5, 0.6) is 0 Å². The predicted octanol–water partition coefficient (Wildman–Crippen LogP) is 2.34. The van der Waals surface area contributed by atoms with Crippen molar-refractivity contribution in [2.45, 2.75) is 13.3 Å². The third-order valence-corrected chi connectivity index (χ3v) is 1.65. The van der Waals surface area contributed by atoms with E-state index in [1.165, 1.54) is 0 Å². The van der Waals surface area contributed by atoms with E-state index in [4.69, 9.17) is 12.2 Å².